The Morgan fingerprint density at radius 1 is 1.33 bits per heavy atom. The van der Waals surface area contributed by atoms with Gasteiger partial charge in [-0.1, -0.05) is 17.2 Å². The molecule has 0 atom stereocenters. The Hall–Kier alpha value is -2.35. The fraction of sp³-hybridized carbons (Fsp3) is 0.100. The summed E-state index contributed by atoms with van der Waals surface area (Å²) in [6, 6.07) is 9.01. The predicted molar refractivity (Wildman–Crippen MR) is 51.0 cm³/mol. The maximum atomic E-state index is 8.55. The van der Waals surface area contributed by atoms with Gasteiger partial charge in [0.15, 0.2) is 6.07 Å². The summed E-state index contributed by atoms with van der Waals surface area (Å²) in [6.45, 7) is 0. The van der Waals surface area contributed by atoms with Crippen LogP contribution in [0.25, 0.3) is 11.5 Å². The summed E-state index contributed by atoms with van der Waals surface area (Å²) in [5.74, 6) is 0.852. The molecule has 0 aliphatic rings. The lowest BCUT2D eigenvalue weighted by atomic mass is 10.2. The van der Waals surface area contributed by atoms with Crippen molar-refractivity contribution in [2.75, 3.05) is 7.11 Å². The average molecular weight is 201 g/mol. The summed E-state index contributed by atoms with van der Waals surface area (Å²) in [5, 5.41) is 15.8. The van der Waals surface area contributed by atoms with Crippen molar-refractivity contribution in [3.8, 4) is 23.3 Å². The Kier molecular flexibility index (Phi) is 2.33. The Morgan fingerprint density at radius 3 is 2.80 bits per heavy atom. The van der Waals surface area contributed by atoms with Crippen LogP contribution >= 0.6 is 0 Å². The van der Waals surface area contributed by atoms with E-state index in [1.807, 2.05) is 12.1 Å². The van der Waals surface area contributed by atoms with E-state index in [0.717, 1.165) is 0 Å². The third-order valence-corrected chi connectivity index (χ3v) is 1.86. The number of hydrogen-bond donors (Lipinski definition) is 0. The van der Waals surface area contributed by atoms with E-state index in [9.17, 15) is 0 Å². The molecular weight excluding hydrogens is 194 g/mol. The molecule has 1 heterocycles. The van der Waals surface area contributed by atoms with Gasteiger partial charge in [-0.25, -0.2) is 0 Å². The van der Waals surface area contributed by atoms with Gasteiger partial charge in [0, 0.05) is 0 Å². The van der Waals surface area contributed by atoms with E-state index in [1.54, 1.807) is 25.3 Å². The van der Waals surface area contributed by atoms with E-state index in [4.69, 9.17) is 14.4 Å². The first-order valence-electron chi connectivity index (χ1n) is 4.22. The summed E-state index contributed by atoms with van der Waals surface area (Å²) in [4.78, 5) is 0. The molecule has 0 radical (unpaired) electrons. The standard InChI is InChI=1S/C10H7N3O2/c1-14-8-5-3-2-4-7(8)10-13-12-9(6-11)15-10/h2-5H,1H3. The molecule has 5 heteroatoms. The van der Waals surface area contributed by atoms with Gasteiger partial charge in [-0.05, 0) is 12.1 Å². The Morgan fingerprint density at radius 2 is 2.13 bits per heavy atom. The lowest BCUT2D eigenvalue weighted by Crippen LogP contribution is -1.87. The monoisotopic (exact) mass is 201 g/mol. The maximum Gasteiger partial charge on any atom is 0.321 e. The third kappa shape index (κ3) is 1.65. The lowest BCUT2D eigenvalue weighted by molar-refractivity contribution is 0.414. The molecule has 0 fully saturated rings. The quantitative estimate of drug-likeness (QED) is 0.738. The molecule has 1 aromatic heterocycles. The fourth-order valence-corrected chi connectivity index (χ4v) is 1.20. The van der Waals surface area contributed by atoms with Crippen molar-refractivity contribution in [3.05, 3.63) is 30.2 Å². The van der Waals surface area contributed by atoms with Gasteiger partial charge in [0.05, 0.1) is 12.7 Å². The van der Waals surface area contributed by atoms with Crippen molar-refractivity contribution in [1.29, 1.82) is 5.26 Å². The minimum Gasteiger partial charge on any atom is -0.496 e. The molecule has 15 heavy (non-hydrogen) atoms. The molecule has 0 unspecified atom stereocenters. The highest BCUT2D eigenvalue weighted by Gasteiger charge is 2.11. The van der Waals surface area contributed by atoms with Gasteiger partial charge in [-0.15, -0.1) is 5.10 Å². The molecule has 2 rings (SSSR count). The topological polar surface area (TPSA) is 71.9 Å². The van der Waals surface area contributed by atoms with E-state index in [-0.39, 0.29) is 11.8 Å². The average Bonchev–Trinajstić information content (AvgIpc) is 2.77. The molecule has 0 spiro atoms. The minimum atomic E-state index is -0.0593. The fourth-order valence-electron chi connectivity index (χ4n) is 1.20. The first-order chi connectivity index (χ1) is 7.35. The van der Waals surface area contributed by atoms with Crippen molar-refractivity contribution < 1.29 is 9.15 Å². The number of para-hydroxylation sites is 1. The number of rotatable bonds is 2. The molecule has 74 valence electrons. The number of nitriles is 1. The Balaban J connectivity index is 2.49. The second kappa shape index (κ2) is 3.80. The number of hydrogen-bond acceptors (Lipinski definition) is 5. The van der Waals surface area contributed by atoms with Crippen LogP contribution < -0.4 is 4.74 Å². The van der Waals surface area contributed by atoms with Crippen LogP contribution in [-0.4, -0.2) is 17.3 Å². The normalized spacial score (nSPS) is 9.60. The summed E-state index contributed by atoms with van der Waals surface area (Å²) >= 11 is 0. The van der Waals surface area contributed by atoms with Crippen molar-refractivity contribution in [1.82, 2.24) is 10.2 Å². The van der Waals surface area contributed by atoms with Gasteiger partial charge < -0.3 is 9.15 Å². The highest BCUT2D eigenvalue weighted by Crippen LogP contribution is 2.27. The summed E-state index contributed by atoms with van der Waals surface area (Å²) in [7, 11) is 1.56. The largest absolute Gasteiger partial charge is 0.496 e. The number of methoxy groups -OCH3 is 1. The first kappa shape index (κ1) is 9.21. The zero-order valence-electron chi connectivity index (χ0n) is 7.97. The molecule has 0 saturated carbocycles. The van der Waals surface area contributed by atoms with E-state index in [0.29, 0.717) is 11.3 Å². The molecule has 0 bridgehead atoms. The van der Waals surface area contributed by atoms with Crippen LogP contribution in [0.1, 0.15) is 5.89 Å². The van der Waals surface area contributed by atoms with Crippen LogP contribution in [0.15, 0.2) is 28.7 Å². The van der Waals surface area contributed by atoms with Crippen LogP contribution in [0.2, 0.25) is 0 Å². The van der Waals surface area contributed by atoms with Crippen LogP contribution in [0, 0.1) is 11.3 Å². The van der Waals surface area contributed by atoms with Gasteiger partial charge in [-0.3, -0.25) is 0 Å². The molecular formula is C10H7N3O2. The molecule has 1 aromatic carbocycles. The third-order valence-electron chi connectivity index (χ3n) is 1.86. The number of ether oxygens (including phenoxy) is 1. The van der Waals surface area contributed by atoms with Crippen LogP contribution in [0.3, 0.4) is 0 Å². The second-order valence-corrected chi connectivity index (χ2v) is 2.72. The molecule has 5 nitrogen and oxygen atoms in total. The number of nitrogens with zero attached hydrogens (tertiary/aromatic N) is 3. The van der Waals surface area contributed by atoms with Gasteiger partial charge in [0.2, 0.25) is 0 Å². The predicted octanol–water partition coefficient (Wildman–Crippen LogP) is 1.62. The van der Waals surface area contributed by atoms with Crippen LogP contribution in [0.5, 0.6) is 5.75 Å². The number of benzene rings is 1. The van der Waals surface area contributed by atoms with Crippen molar-refractivity contribution >= 4 is 0 Å². The van der Waals surface area contributed by atoms with Crippen molar-refractivity contribution in [3.63, 3.8) is 0 Å². The van der Waals surface area contributed by atoms with Crippen LogP contribution in [-0.2, 0) is 0 Å². The van der Waals surface area contributed by atoms with Crippen molar-refractivity contribution in [2.24, 2.45) is 0 Å². The van der Waals surface area contributed by atoms with Crippen LogP contribution in [0.4, 0.5) is 0 Å². The van der Waals surface area contributed by atoms with Gasteiger partial charge in [0.1, 0.15) is 5.75 Å². The SMILES string of the molecule is COc1ccccc1-c1nnc(C#N)o1. The zero-order chi connectivity index (χ0) is 10.7. The maximum absolute atomic E-state index is 8.55. The highest BCUT2D eigenvalue weighted by molar-refractivity contribution is 5.62. The van der Waals surface area contributed by atoms with E-state index >= 15 is 0 Å². The first-order valence-corrected chi connectivity index (χ1v) is 4.22. The smallest absolute Gasteiger partial charge is 0.321 e. The van der Waals surface area contributed by atoms with Gasteiger partial charge in [0.25, 0.3) is 5.89 Å². The zero-order valence-corrected chi connectivity index (χ0v) is 7.97. The van der Waals surface area contributed by atoms with Crippen molar-refractivity contribution in [2.45, 2.75) is 0 Å². The molecule has 0 aliphatic carbocycles. The second-order valence-electron chi connectivity index (χ2n) is 2.72. The number of aromatic nitrogens is 2. The Labute approximate surface area is 85.9 Å². The Bertz CT molecular complexity index is 513. The lowest BCUT2D eigenvalue weighted by Gasteiger charge is -2.02. The highest BCUT2D eigenvalue weighted by atomic mass is 16.5. The summed E-state index contributed by atoms with van der Waals surface area (Å²) in [5.41, 5.74) is 0.675. The molecule has 0 aliphatic heterocycles. The molecule has 0 amide bonds. The van der Waals surface area contributed by atoms with Gasteiger partial charge >= 0.3 is 5.89 Å². The summed E-state index contributed by atoms with van der Waals surface area (Å²) in [6.07, 6.45) is 0. The molecule has 0 saturated heterocycles. The van der Waals surface area contributed by atoms with E-state index in [2.05, 4.69) is 10.2 Å². The summed E-state index contributed by atoms with van der Waals surface area (Å²) < 4.78 is 10.2. The minimum absolute atomic E-state index is 0.0593. The van der Waals surface area contributed by atoms with E-state index in [1.165, 1.54) is 0 Å². The van der Waals surface area contributed by atoms with E-state index < -0.39 is 0 Å². The molecule has 0 N–H and O–H groups in total. The van der Waals surface area contributed by atoms with Gasteiger partial charge in [-0.2, -0.15) is 5.26 Å². The molecule has 2 aromatic rings.